The Kier molecular flexibility index (Phi) is 5.21. The molecule has 1 fully saturated rings. The molecule has 156 valence electrons. The molecule has 1 unspecified atom stereocenters. The van der Waals surface area contributed by atoms with E-state index in [-0.39, 0.29) is 28.9 Å². The zero-order valence-electron chi connectivity index (χ0n) is 16.1. The number of anilines is 1. The Bertz CT molecular complexity index is 1190. The van der Waals surface area contributed by atoms with Crippen molar-refractivity contribution in [2.75, 3.05) is 24.6 Å². The predicted octanol–water partition coefficient (Wildman–Crippen LogP) is 2.41. The summed E-state index contributed by atoms with van der Waals surface area (Å²) in [6.07, 6.45) is 1.26. The predicted molar refractivity (Wildman–Crippen MR) is 106 cm³/mol. The van der Waals surface area contributed by atoms with Crippen molar-refractivity contribution in [3.8, 4) is 5.69 Å². The van der Waals surface area contributed by atoms with Gasteiger partial charge in [-0.15, -0.1) is 0 Å². The van der Waals surface area contributed by atoms with Crippen molar-refractivity contribution in [2.45, 2.75) is 19.4 Å². The molecule has 1 N–H and O–H groups in total. The minimum Gasteiger partial charge on any atom is -0.462 e. The number of aromatic nitrogens is 2. The van der Waals surface area contributed by atoms with E-state index in [4.69, 9.17) is 4.74 Å². The summed E-state index contributed by atoms with van der Waals surface area (Å²) in [7, 11) is 0. The Balaban J connectivity index is 1.98. The zero-order chi connectivity index (χ0) is 21.4. The second kappa shape index (κ2) is 7.83. The van der Waals surface area contributed by atoms with Crippen molar-refractivity contribution in [3.63, 3.8) is 0 Å². The van der Waals surface area contributed by atoms with Gasteiger partial charge in [-0.05, 0) is 37.6 Å². The second-order valence-electron chi connectivity index (χ2n) is 6.99. The molecule has 3 aromatic rings. The number of rotatable bonds is 4. The first-order valence-electron chi connectivity index (χ1n) is 9.51. The quantitative estimate of drug-likeness (QED) is 0.659. The van der Waals surface area contributed by atoms with E-state index in [0.717, 1.165) is 12.3 Å². The maximum Gasteiger partial charge on any atom is 0.343 e. The van der Waals surface area contributed by atoms with E-state index < -0.39 is 29.1 Å². The van der Waals surface area contributed by atoms with Gasteiger partial charge in [-0.25, -0.2) is 18.6 Å². The molecule has 1 atom stereocenters. The lowest BCUT2D eigenvalue weighted by Gasteiger charge is -2.19. The van der Waals surface area contributed by atoms with Gasteiger partial charge < -0.3 is 14.7 Å². The smallest absolute Gasteiger partial charge is 0.343 e. The highest BCUT2D eigenvalue weighted by Crippen LogP contribution is 2.24. The fourth-order valence-corrected chi connectivity index (χ4v) is 3.53. The highest BCUT2D eigenvalue weighted by Gasteiger charge is 2.24. The van der Waals surface area contributed by atoms with Crippen LogP contribution in [0, 0.1) is 11.6 Å². The summed E-state index contributed by atoms with van der Waals surface area (Å²) in [6, 6.07) is 6.11. The molecule has 0 aliphatic carbocycles. The Labute approximate surface area is 170 Å². The summed E-state index contributed by atoms with van der Waals surface area (Å²) in [5.41, 5.74) is -0.836. The fourth-order valence-electron chi connectivity index (χ4n) is 3.53. The van der Waals surface area contributed by atoms with Gasteiger partial charge in [-0.2, -0.15) is 0 Å². The van der Waals surface area contributed by atoms with E-state index in [2.05, 4.69) is 4.98 Å². The maximum atomic E-state index is 14.6. The lowest BCUT2D eigenvalue weighted by molar-refractivity contribution is 0.0524. The van der Waals surface area contributed by atoms with Crippen molar-refractivity contribution in [1.82, 2.24) is 9.55 Å². The number of esters is 1. The van der Waals surface area contributed by atoms with Gasteiger partial charge in [0.1, 0.15) is 23.0 Å². The first-order valence-corrected chi connectivity index (χ1v) is 9.51. The summed E-state index contributed by atoms with van der Waals surface area (Å²) in [6.45, 7) is 2.63. The van der Waals surface area contributed by atoms with Gasteiger partial charge in [0.2, 0.25) is 5.43 Å². The van der Waals surface area contributed by atoms with Crippen LogP contribution in [0.2, 0.25) is 0 Å². The van der Waals surface area contributed by atoms with E-state index in [9.17, 15) is 23.5 Å². The number of hydrogen-bond acceptors (Lipinski definition) is 6. The molecule has 0 amide bonds. The van der Waals surface area contributed by atoms with Crippen molar-refractivity contribution < 1.29 is 23.4 Å². The number of hydrogen-bond donors (Lipinski definition) is 1. The number of pyridine rings is 2. The molecule has 1 aliphatic heterocycles. The van der Waals surface area contributed by atoms with Gasteiger partial charge in [-0.1, -0.05) is 0 Å². The van der Waals surface area contributed by atoms with Crippen LogP contribution in [-0.2, 0) is 4.74 Å². The first kappa shape index (κ1) is 20.0. The zero-order valence-corrected chi connectivity index (χ0v) is 16.1. The lowest BCUT2D eigenvalue weighted by Crippen LogP contribution is -2.24. The SMILES string of the molecule is CCOC(=O)c1cn(-c2ccc(F)cc2F)c2nc(N3CCC(O)C3)ccc2c1=O. The normalized spacial score (nSPS) is 16.3. The Hall–Kier alpha value is -3.33. The molecular weight excluding hydrogens is 396 g/mol. The van der Waals surface area contributed by atoms with Gasteiger partial charge in [0.05, 0.1) is 23.8 Å². The molecular formula is C21H19F2N3O4. The second-order valence-corrected chi connectivity index (χ2v) is 6.99. The number of nitrogens with zero attached hydrogens (tertiary/aromatic N) is 3. The minimum atomic E-state index is -0.876. The largest absolute Gasteiger partial charge is 0.462 e. The standard InChI is InChI=1S/C21H19F2N3O4/c1-2-30-21(29)15-11-26(17-5-3-12(22)9-16(17)23)20-14(19(15)28)4-6-18(24-20)25-8-7-13(27)10-25/h3-6,9,11,13,27H,2,7-8,10H2,1H3. The monoisotopic (exact) mass is 415 g/mol. The highest BCUT2D eigenvalue weighted by molar-refractivity contribution is 5.93. The number of carbonyl (C=O) groups excluding carboxylic acids is 1. The molecule has 30 heavy (non-hydrogen) atoms. The van der Waals surface area contributed by atoms with E-state index in [0.29, 0.717) is 31.4 Å². The average molecular weight is 415 g/mol. The van der Waals surface area contributed by atoms with Crippen LogP contribution in [0.5, 0.6) is 0 Å². The molecule has 1 aliphatic rings. The first-order chi connectivity index (χ1) is 14.4. The minimum absolute atomic E-state index is 0.0652. The number of carbonyl (C=O) groups is 1. The molecule has 7 nitrogen and oxygen atoms in total. The van der Waals surface area contributed by atoms with Gasteiger partial charge in [0, 0.05) is 25.4 Å². The Morgan fingerprint density at radius 3 is 2.77 bits per heavy atom. The summed E-state index contributed by atoms with van der Waals surface area (Å²) < 4.78 is 34.2. The summed E-state index contributed by atoms with van der Waals surface area (Å²) in [5.74, 6) is -1.98. The fraction of sp³-hybridized carbons (Fsp3) is 0.286. The molecule has 1 aromatic carbocycles. The van der Waals surface area contributed by atoms with Crippen molar-refractivity contribution in [1.29, 1.82) is 0 Å². The molecule has 0 spiro atoms. The van der Waals surface area contributed by atoms with Gasteiger partial charge in [0.25, 0.3) is 0 Å². The molecule has 3 heterocycles. The molecule has 9 heteroatoms. The number of ether oxygens (including phenoxy) is 1. The molecule has 4 rings (SSSR count). The molecule has 1 saturated heterocycles. The van der Waals surface area contributed by atoms with Crippen LogP contribution in [0.3, 0.4) is 0 Å². The summed E-state index contributed by atoms with van der Waals surface area (Å²) in [5, 5.41) is 9.89. The molecule has 0 radical (unpaired) electrons. The van der Waals surface area contributed by atoms with E-state index in [1.54, 1.807) is 13.0 Å². The highest BCUT2D eigenvalue weighted by atomic mass is 19.1. The Morgan fingerprint density at radius 2 is 2.10 bits per heavy atom. The van der Waals surface area contributed by atoms with Crippen molar-refractivity contribution in [2.24, 2.45) is 0 Å². The average Bonchev–Trinajstić information content (AvgIpc) is 3.15. The van der Waals surface area contributed by atoms with E-state index in [1.165, 1.54) is 16.7 Å². The van der Waals surface area contributed by atoms with Gasteiger partial charge >= 0.3 is 5.97 Å². The van der Waals surface area contributed by atoms with Gasteiger partial charge in [-0.3, -0.25) is 9.36 Å². The van der Waals surface area contributed by atoms with Crippen LogP contribution < -0.4 is 10.3 Å². The molecule has 0 bridgehead atoms. The van der Waals surface area contributed by atoms with Crippen LogP contribution in [0.4, 0.5) is 14.6 Å². The van der Waals surface area contributed by atoms with Crippen LogP contribution in [0.25, 0.3) is 16.7 Å². The number of aliphatic hydroxyl groups excluding tert-OH is 1. The number of halogens is 2. The van der Waals surface area contributed by atoms with E-state index >= 15 is 0 Å². The van der Waals surface area contributed by atoms with E-state index in [1.807, 2.05) is 4.90 Å². The number of β-amino-alcohol motifs (C(OH)–C–C–N with tert-alkyl or cyclic N) is 1. The number of benzene rings is 1. The van der Waals surface area contributed by atoms with Crippen LogP contribution in [0.15, 0.2) is 41.3 Å². The summed E-state index contributed by atoms with van der Waals surface area (Å²) >= 11 is 0. The molecule has 0 saturated carbocycles. The third-order valence-corrected chi connectivity index (χ3v) is 4.99. The lowest BCUT2D eigenvalue weighted by atomic mass is 10.1. The van der Waals surface area contributed by atoms with Crippen LogP contribution in [-0.4, -0.2) is 46.4 Å². The van der Waals surface area contributed by atoms with Crippen LogP contribution >= 0.6 is 0 Å². The van der Waals surface area contributed by atoms with Crippen molar-refractivity contribution in [3.05, 3.63) is 63.9 Å². The topological polar surface area (TPSA) is 84.7 Å². The van der Waals surface area contributed by atoms with Gasteiger partial charge in [0.15, 0.2) is 5.65 Å². The third-order valence-electron chi connectivity index (χ3n) is 4.99. The third kappa shape index (κ3) is 3.52. The number of aliphatic hydroxyl groups is 1. The van der Waals surface area contributed by atoms with Crippen LogP contribution in [0.1, 0.15) is 23.7 Å². The maximum absolute atomic E-state index is 14.6. The Morgan fingerprint density at radius 1 is 1.30 bits per heavy atom. The summed E-state index contributed by atoms with van der Waals surface area (Å²) in [4.78, 5) is 31.5. The number of fused-ring (bicyclic) bond motifs is 1. The van der Waals surface area contributed by atoms with Crippen molar-refractivity contribution >= 4 is 22.8 Å². The molecule has 2 aromatic heterocycles.